The average Bonchev–Trinajstić information content (AvgIpc) is 2.64. The Balaban J connectivity index is 2.63. The monoisotopic (exact) mass is 274 g/mol. The molecule has 0 aliphatic rings. The van der Waals surface area contributed by atoms with Gasteiger partial charge in [-0.05, 0) is 6.07 Å². The normalized spacial score (nSPS) is 12.1. The minimum atomic E-state index is -4.44. The molecule has 2 aromatic rings. The van der Waals surface area contributed by atoms with E-state index in [0.29, 0.717) is 0 Å². The first-order chi connectivity index (χ1) is 8.81. The van der Waals surface area contributed by atoms with Gasteiger partial charge in [-0.25, -0.2) is 9.37 Å². The van der Waals surface area contributed by atoms with Crippen LogP contribution in [0.4, 0.5) is 17.6 Å². The number of hydrogen-bond acceptors (Lipinski definition) is 2. The fourth-order valence-electron chi connectivity index (χ4n) is 1.87. The molecule has 102 valence electrons. The Bertz CT molecular complexity index is 630. The molecule has 0 aliphatic heterocycles. The molecule has 7 heteroatoms. The molecule has 0 aromatic carbocycles. The first kappa shape index (κ1) is 13.5. The van der Waals surface area contributed by atoms with Gasteiger partial charge < -0.3 is 4.57 Å². The van der Waals surface area contributed by atoms with Crippen molar-refractivity contribution in [3.05, 3.63) is 29.8 Å². The molecular weight excluding hydrogens is 264 g/mol. The van der Waals surface area contributed by atoms with Crippen molar-refractivity contribution < 1.29 is 22.4 Å². The van der Waals surface area contributed by atoms with Gasteiger partial charge in [0.1, 0.15) is 18.0 Å². The number of halogens is 4. The standard InChI is InChI=1S/C12H10F4N2O/c1-2-10(19)9-5-18(6-12(14,15)16)11-8(9)3-7(13)4-17-11/h3-5H,2,6H2,1H3. The minimum absolute atomic E-state index is 0.0458. The third kappa shape index (κ3) is 2.74. The van der Waals surface area contributed by atoms with Gasteiger partial charge in [-0.15, -0.1) is 0 Å². The SMILES string of the molecule is CCC(=O)c1cn(CC(F)(F)F)c2ncc(F)cc12. The topological polar surface area (TPSA) is 34.9 Å². The van der Waals surface area contributed by atoms with E-state index in [-0.39, 0.29) is 28.8 Å². The van der Waals surface area contributed by atoms with Crippen molar-refractivity contribution in [2.45, 2.75) is 26.1 Å². The molecule has 2 rings (SSSR count). The molecule has 3 nitrogen and oxygen atoms in total. The highest BCUT2D eigenvalue weighted by Gasteiger charge is 2.29. The van der Waals surface area contributed by atoms with Crippen LogP contribution in [-0.4, -0.2) is 21.5 Å². The Hall–Kier alpha value is -1.92. The zero-order chi connectivity index (χ0) is 14.2. The van der Waals surface area contributed by atoms with E-state index in [2.05, 4.69) is 4.98 Å². The number of rotatable bonds is 3. The molecule has 0 aliphatic carbocycles. The number of alkyl halides is 3. The number of carbonyl (C=O) groups is 1. The molecule has 0 saturated carbocycles. The van der Waals surface area contributed by atoms with Gasteiger partial charge >= 0.3 is 6.18 Å². The molecule has 19 heavy (non-hydrogen) atoms. The second kappa shape index (κ2) is 4.64. The number of hydrogen-bond donors (Lipinski definition) is 0. The van der Waals surface area contributed by atoms with Gasteiger partial charge in [0.05, 0.1) is 6.20 Å². The molecule has 0 amide bonds. The van der Waals surface area contributed by atoms with Crippen LogP contribution in [0.2, 0.25) is 0 Å². The van der Waals surface area contributed by atoms with E-state index in [1.54, 1.807) is 6.92 Å². The number of Topliss-reactive ketones (excluding diaryl/α,β-unsaturated/α-hetero) is 1. The predicted molar refractivity (Wildman–Crippen MR) is 60.4 cm³/mol. The maximum Gasteiger partial charge on any atom is 0.406 e. The number of aromatic nitrogens is 2. The summed E-state index contributed by atoms with van der Waals surface area (Å²) in [6.07, 6.45) is -2.40. The van der Waals surface area contributed by atoms with Crippen molar-refractivity contribution >= 4 is 16.8 Å². The highest BCUT2D eigenvalue weighted by Crippen LogP contribution is 2.26. The molecule has 0 saturated heterocycles. The van der Waals surface area contributed by atoms with Crippen LogP contribution in [0, 0.1) is 5.82 Å². The maximum atomic E-state index is 13.1. The predicted octanol–water partition coefficient (Wildman–Crippen LogP) is 3.33. The number of ketones is 1. The summed E-state index contributed by atoms with van der Waals surface area (Å²) in [6.45, 7) is 0.321. The molecule has 2 heterocycles. The molecule has 0 bridgehead atoms. The molecule has 0 atom stereocenters. The van der Waals surface area contributed by atoms with Crippen molar-refractivity contribution in [1.82, 2.24) is 9.55 Å². The summed E-state index contributed by atoms with van der Waals surface area (Å²) in [7, 11) is 0. The van der Waals surface area contributed by atoms with E-state index >= 15 is 0 Å². The summed E-state index contributed by atoms with van der Waals surface area (Å²) in [5.41, 5.74) is 0.0178. The Labute approximate surface area is 105 Å². The number of nitrogens with zero attached hydrogens (tertiary/aromatic N) is 2. The zero-order valence-corrected chi connectivity index (χ0v) is 9.96. The summed E-state index contributed by atoms with van der Waals surface area (Å²) in [5.74, 6) is -1.04. The van der Waals surface area contributed by atoms with E-state index in [1.165, 1.54) is 0 Å². The second-order valence-corrected chi connectivity index (χ2v) is 4.09. The van der Waals surface area contributed by atoms with Crippen LogP contribution >= 0.6 is 0 Å². The van der Waals surface area contributed by atoms with Crippen LogP contribution in [0.1, 0.15) is 23.7 Å². The fraction of sp³-hybridized carbons (Fsp3) is 0.333. The molecular formula is C12H10F4N2O. The smallest absolute Gasteiger partial charge is 0.323 e. The van der Waals surface area contributed by atoms with Crippen molar-refractivity contribution in [2.75, 3.05) is 0 Å². The van der Waals surface area contributed by atoms with Crippen molar-refractivity contribution in [1.29, 1.82) is 0 Å². The van der Waals surface area contributed by atoms with Gasteiger partial charge in [0.15, 0.2) is 5.78 Å². The van der Waals surface area contributed by atoms with E-state index in [1.807, 2.05) is 0 Å². The highest BCUT2D eigenvalue weighted by molar-refractivity contribution is 6.07. The van der Waals surface area contributed by atoms with E-state index < -0.39 is 18.5 Å². The Kier molecular flexibility index (Phi) is 3.30. The van der Waals surface area contributed by atoms with Crippen molar-refractivity contribution in [3.8, 4) is 0 Å². The lowest BCUT2D eigenvalue weighted by Crippen LogP contribution is -2.17. The Morgan fingerprint density at radius 1 is 1.42 bits per heavy atom. The number of pyridine rings is 1. The van der Waals surface area contributed by atoms with Gasteiger partial charge in [0, 0.05) is 23.6 Å². The largest absolute Gasteiger partial charge is 0.406 e. The van der Waals surface area contributed by atoms with Gasteiger partial charge in [-0.2, -0.15) is 13.2 Å². The number of fused-ring (bicyclic) bond motifs is 1. The highest BCUT2D eigenvalue weighted by atomic mass is 19.4. The Morgan fingerprint density at radius 2 is 2.11 bits per heavy atom. The second-order valence-electron chi connectivity index (χ2n) is 4.09. The van der Waals surface area contributed by atoms with Crippen LogP contribution in [0.3, 0.4) is 0 Å². The fourth-order valence-corrected chi connectivity index (χ4v) is 1.87. The van der Waals surface area contributed by atoms with Crippen LogP contribution in [0.5, 0.6) is 0 Å². The summed E-state index contributed by atoms with van der Waals surface area (Å²) >= 11 is 0. The van der Waals surface area contributed by atoms with E-state index in [4.69, 9.17) is 0 Å². The lowest BCUT2D eigenvalue weighted by atomic mass is 10.1. The van der Waals surface area contributed by atoms with Gasteiger partial charge in [-0.1, -0.05) is 6.92 Å². The molecule has 0 fully saturated rings. The molecule has 0 unspecified atom stereocenters. The molecule has 0 N–H and O–H groups in total. The summed E-state index contributed by atoms with van der Waals surface area (Å²) in [6, 6.07) is 1.03. The van der Waals surface area contributed by atoms with Crippen LogP contribution in [-0.2, 0) is 6.54 Å². The van der Waals surface area contributed by atoms with Gasteiger partial charge in [0.2, 0.25) is 0 Å². The lowest BCUT2D eigenvalue weighted by molar-refractivity contribution is -0.139. The van der Waals surface area contributed by atoms with Crippen LogP contribution < -0.4 is 0 Å². The molecule has 2 aromatic heterocycles. The average molecular weight is 274 g/mol. The quantitative estimate of drug-likeness (QED) is 0.635. The minimum Gasteiger partial charge on any atom is -0.323 e. The molecule has 0 spiro atoms. The first-order valence-corrected chi connectivity index (χ1v) is 5.56. The number of carbonyl (C=O) groups excluding carboxylic acids is 1. The van der Waals surface area contributed by atoms with Crippen molar-refractivity contribution in [3.63, 3.8) is 0 Å². The van der Waals surface area contributed by atoms with E-state index in [9.17, 15) is 22.4 Å². The summed E-state index contributed by atoms with van der Waals surface area (Å²) < 4.78 is 51.2. The van der Waals surface area contributed by atoms with Gasteiger partial charge in [-0.3, -0.25) is 4.79 Å². The van der Waals surface area contributed by atoms with Gasteiger partial charge in [0.25, 0.3) is 0 Å². The third-order valence-electron chi connectivity index (χ3n) is 2.65. The summed E-state index contributed by atoms with van der Waals surface area (Å²) in [5, 5.41) is 0.108. The van der Waals surface area contributed by atoms with E-state index in [0.717, 1.165) is 23.0 Å². The van der Waals surface area contributed by atoms with Crippen molar-refractivity contribution in [2.24, 2.45) is 0 Å². The van der Waals surface area contributed by atoms with Crippen LogP contribution in [0.25, 0.3) is 11.0 Å². The third-order valence-corrected chi connectivity index (χ3v) is 2.65. The lowest BCUT2D eigenvalue weighted by Gasteiger charge is -2.07. The summed E-state index contributed by atoms with van der Waals surface area (Å²) in [4.78, 5) is 15.3. The Morgan fingerprint density at radius 3 is 2.68 bits per heavy atom. The maximum absolute atomic E-state index is 13.1. The zero-order valence-electron chi connectivity index (χ0n) is 9.96. The first-order valence-electron chi connectivity index (χ1n) is 5.56. The molecule has 0 radical (unpaired) electrons. The van der Waals surface area contributed by atoms with Crippen LogP contribution in [0.15, 0.2) is 18.5 Å².